The molecule has 0 aliphatic carbocycles. The van der Waals surface area contributed by atoms with Crippen molar-refractivity contribution in [1.82, 2.24) is 0 Å². The molecule has 0 fully saturated rings. The van der Waals surface area contributed by atoms with E-state index in [1.165, 1.54) is 13.8 Å². The largest absolute Gasteiger partial charge is 0.287 e. The van der Waals surface area contributed by atoms with Crippen LogP contribution in [0.2, 0.25) is 0 Å². The Bertz CT molecular complexity index is 397. The van der Waals surface area contributed by atoms with E-state index in [9.17, 15) is 9.59 Å². The zero-order valence-electron chi connectivity index (χ0n) is 9.63. The molecular formula is C12H12O2S2. The van der Waals surface area contributed by atoms with Crippen LogP contribution in [0.3, 0.4) is 0 Å². The Morgan fingerprint density at radius 2 is 1.06 bits per heavy atom. The summed E-state index contributed by atoms with van der Waals surface area (Å²) in [6.07, 6.45) is 0. The Hall–Kier alpha value is -1.10. The van der Waals surface area contributed by atoms with E-state index in [0.29, 0.717) is 0 Å². The van der Waals surface area contributed by atoms with Gasteiger partial charge in [-0.1, -0.05) is 11.8 Å². The molecular weight excluding hydrogens is 240 g/mol. The summed E-state index contributed by atoms with van der Waals surface area (Å²) in [7, 11) is 0. The van der Waals surface area contributed by atoms with Gasteiger partial charge < -0.3 is 0 Å². The Morgan fingerprint density at radius 1 is 0.750 bits per heavy atom. The van der Waals surface area contributed by atoms with Gasteiger partial charge in [0.15, 0.2) is 10.2 Å². The molecule has 0 bridgehead atoms. The van der Waals surface area contributed by atoms with Crippen molar-refractivity contribution in [3.8, 4) is 22.3 Å². The number of hydrogen-bond donors (Lipinski definition) is 0. The minimum Gasteiger partial charge on any atom is -0.287 e. The summed E-state index contributed by atoms with van der Waals surface area (Å²) >= 11 is 1.93. The fourth-order valence-corrected chi connectivity index (χ4v) is 1.23. The first-order valence-electron chi connectivity index (χ1n) is 4.47. The molecule has 0 unspecified atom stereocenters. The standard InChI is InChI=1S/C12H12O2S2/c1-9(5-7-15-11(3)13)10(2)6-8-16-12(4)14/h1-4H3. The second kappa shape index (κ2) is 8.10. The molecule has 0 aromatic rings. The van der Waals surface area contributed by atoms with E-state index in [1.54, 1.807) is 0 Å². The second-order valence-electron chi connectivity index (χ2n) is 2.89. The predicted molar refractivity (Wildman–Crippen MR) is 70.5 cm³/mol. The number of hydrogen-bond acceptors (Lipinski definition) is 4. The minimum absolute atomic E-state index is 0.0313. The van der Waals surface area contributed by atoms with Gasteiger partial charge in [-0.05, 0) is 24.4 Å². The summed E-state index contributed by atoms with van der Waals surface area (Å²) < 4.78 is 0. The number of rotatable bonds is 0. The molecule has 0 saturated carbocycles. The van der Waals surface area contributed by atoms with E-state index in [4.69, 9.17) is 0 Å². The average molecular weight is 252 g/mol. The van der Waals surface area contributed by atoms with E-state index >= 15 is 0 Å². The van der Waals surface area contributed by atoms with Gasteiger partial charge in [-0.2, -0.15) is 0 Å². The summed E-state index contributed by atoms with van der Waals surface area (Å²) in [4.78, 5) is 21.2. The van der Waals surface area contributed by atoms with Gasteiger partial charge in [0, 0.05) is 48.5 Å². The molecule has 0 spiro atoms. The zero-order chi connectivity index (χ0) is 12.6. The fraction of sp³-hybridized carbons (Fsp3) is 0.333. The molecule has 84 valence electrons. The lowest BCUT2D eigenvalue weighted by Gasteiger charge is -1.90. The Labute approximate surface area is 105 Å². The molecule has 0 heterocycles. The smallest absolute Gasteiger partial charge is 0.198 e. The van der Waals surface area contributed by atoms with Crippen molar-refractivity contribution >= 4 is 33.8 Å². The normalized spacial score (nSPS) is 10.2. The second-order valence-corrected chi connectivity index (χ2v) is 4.86. The third-order valence-electron chi connectivity index (χ3n) is 1.43. The molecule has 0 amide bonds. The molecule has 0 aliphatic rings. The van der Waals surface area contributed by atoms with Crippen molar-refractivity contribution in [2.24, 2.45) is 0 Å². The fourth-order valence-electron chi connectivity index (χ4n) is 0.535. The van der Waals surface area contributed by atoms with Crippen LogP contribution < -0.4 is 0 Å². The molecule has 0 atom stereocenters. The zero-order valence-corrected chi connectivity index (χ0v) is 11.3. The van der Waals surface area contributed by atoms with Gasteiger partial charge in [-0.15, -0.1) is 0 Å². The topological polar surface area (TPSA) is 34.1 Å². The van der Waals surface area contributed by atoms with E-state index in [2.05, 4.69) is 22.3 Å². The van der Waals surface area contributed by atoms with Crippen LogP contribution in [-0.2, 0) is 9.59 Å². The molecule has 0 aliphatic heterocycles. The van der Waals surface area contributed by atoms with E-state index in [-0.39, 0.29) is 10.2 Å². The predicted octanol–water partition coefficient (Wildman–Crippen LogP) is 2.80. The summed E-state index contributed by atoms with van der Waals surface area (Å²) in [5.41, 5.74) is 1.62. The van der Waals surface area contributed by atoms with E-state index < -0.39 is 0 Å². The van der Waals surface area contributed by atoms with Crippen molar-refractivity contribution in [1.29, 1.82) is 0 Å². The molecule has 0 N–H and O–H groups in total. The van der Waals surface area contributed by atoms with E-state index in [0.717, 1.165) is 34.7 Å². The molecule has 16 heavy (non-hydrogen) atoms. The lowest BCUT2D eigenvalue weighted by molar-refractivity contribution is -0.109. The third kappa shape index (κ3) is 8.23. The Morgan fingerprint density at radius 3 is 1.31 bits per heavy atom. The minimum atomic E-state index is -0.0313. The van der Waals surface area contributed by atoms with Crippen molar-refractivity contribution in [2.75, 3.05) is 0 Å². The first-order valence-corrected chi connectivity index (χ1v) is 6.11. The number of allylic oxidation sites excluding steroid dienone is 2. The van der Waals surface area contributed by atoms with Gasteiger partial charge >= 0.3 is 0 Å². The van der Waals surface area contributed by atoms with Gasteiger partial charge in [0.2, 0.25) is 0 Å². The maximum absolute atomic E-state index is 10.6. The molecule has 0 aromatic carbocycles. The number of carbonyl (C=O) groups excluding carboxylic acids is 2. The third-order valence-corrected chi connectivity index (χ3v) is 2.41. The highest BCUT2D eigenvalue weighted by Crippen LogP contribution is 2.05. The van der Waals surface area contributed by atoms with Gasteiger partial charge in [0.1, 0.15) is 0 Å². The first-order chi connectivity index (χ1) is 7.43. The lowest BCUT2D eigenvalue weighted by atomic mass is 10.2. The summed E-state index contributed by atoms with van der Waals surface area (Å²) in [5, 5.41) is 5.30. The summed E-state index contributed by atoms with van der Waals surface area (Å²) in [6, 6.07) is 0. The van der Waals surface area contributed by atoms with Gasteiger partial charge in [-0.3, -0.25) is 9.59 Å². The highest BCUT2D eigenvalue weighted by Gasteiger charge is 1.91. The maximum atomic E-state index is 10.6. The quantitative estimate of drug-likeness (QED) is 0.621. The van der Waals surface area contributed by atoms with Crippen LogP contribution in [0.5, 0.6) is 0 Å². The highest BCUT2D eigenvalue weighted by atomic mass is 32.2. The van der Waals surface area contributed by atoms with Crippen LogP contribution in [0, 0.1) is 22.3 Å². The molecule has 4 heteroatoms. The van der Waals surface area contributed by atoms with Crippen molar-refractivity contribution in [3.63, 3.8) is 0 Å². The SMILES string of the molecule is CC(=O)SC#CC(C)=C(C)C#CSC(C)=O. The van der Waals surface area contributed by atoms with Gasteiger partial charge in [0.25, 0.3) is 0 Å². The van der Waals surface area contributed by atoms with Crippen molar-refractivity contribution < 1.29 is 9.59 Å². The van der Waals surface area contributed by atoms with Crippen LogP contribution in [-0.4, -0.2) is 10.2 Å². The molecule has 0 radical (unpaired) electrons. The number of thioether (sulfide) groups is 2. The van der Waals surface area contributed by atoms with Crippen LogP contribution in [0.15, 0.2) is 11.1 Å². The lowest BCUT2D eigenvalue weighted by Crippen LogP contribution is -1.79. The maximum Gasteiger partial charge on any atom is 0.198 e. The first kappa shape index (κ1) is 14.9. The Balaban J connectivity index is 4.54. The van der Waals surface area contributed by atoms with Crippen molar-refractivity contribution in [2.45, 2.75) is 27.7 Å². The van der Waals surface area contributed by atoms with Crippen molar-refractivity contribution in [3.05, 3.63) is 11.1 Å². The highest BCUT2D eigenvalue weighted by molar-refractivity contribution is 8.17. The molecule has 0 rings (SSSR count). The number of carbonyl (C=O) groups is 2. The molecule has 2 nitrogen and oxygen atoms in total. The summed E-state index contributed by atoms with van der Waals surface area (Å²) in [5.74, 6) is 5.65. The monoisotopic (exact) mass is 252 g/mol. The van der Waals surface area contributed by atoms with Crippen LogP contribution in [0.25, 0.3) is 0 Å². The Kier molecular flexibility index (Phi) is 7.54. The van der Waals surface area contributed by atoms with E-state index in [1.807, 2.05) is 13.8 Å². The van der Waals surface area contributed by atoms with Gasteiger partial charge in [0.05, 0.1) is 0 Å². The van der Waals surface area contributed by atoms with Crippen LogP contribution in [0.4, 0.5) is 0 Å². The summed E-state index contributed by atoms with van der Waals surface area (Å²) in [6.45, 7) is 6.59. The molecule has 0 aromatic heterocycles. The van der Waals surface area contributed by atoms with Crippen LogP contribution >= 0.6 is 23.5 Å². The molecule has 0 saturated heterocycles. The van der Waals surface area contributed by atoms with Gasteiger partial charge in [-0.25, -0.2) is 0 Å². The average Bonchev–Trinajstić information content (AvgIpc) is 2.16. The van der Waals surface area contributed by atoms with Crippen LogP contribution in [0.1, 0.15) is 27.7 Å².